The third kappa shape index (κ3) is 5.91. The minimum Gasteiger partial charge on any atom is -0.444 e. The van der Waals surface area contributed by atoms with Crippen molar-refractivity contribution in [3.05, 3.63) is 89.7 Å². The van der Waals surface area contributed by atoms with Crippen LogP contribution in [0.5, 0.6) is 0 Å². The van der Waals surface area contributed by atoms with Crippen LogP contribution in [-0.2, 0) is 4.74 Å². The molecule has 8 heteroatoms. The second-order valence-electron chi connectivity index (χ2n) is 12.4. The van der Waals surface area contributed by atoms with Crippen molar-refractivity contribution in [2.75, 3.05) is 13.1 Å². The predicted molar refractivity (Wildman–Crippen MR) is 172 cm³/mol. The first-order valence-corrected chi connectivity index (χ1v) is 14.7. The van der Waals surface area contributed by atoms with E-state index in [0.29, 0.717) is 18.7 Å². The van der Waals surface area contributed by atoms with Gasteiger partial charge in [-0.2, -0.15) is 5.10 Å². The average Bonchev–Trinajstić information content (AvgIpc) is 3.60. The molecule has 0 aliphatic carbocycles. The predicted octanol–water partition coefficient (Wildman–Crippen LogP) is 7.35. The number of amides is 2. The normalized spacial score (nSPS) is 17.7. The van der Waals surface area contributed by atoms with Crippen molar-refractivity contribution < 1.29 is 14.3 Å². The van der Waals surface area contributed by atoms with E-state index in [-0.39, 0.29) is 24.1 Å². The van der Waals surface area contributed by atoms with Crippen molar-refractivity contribution in [2.45, 2.75) is 52.3 Å². The molecule has 2 amide bonds. The number of rotatable bonds is 4. The van der Waals surface area contributed by atoms with Gasteiger partial charge >= 0.3 is 6.09 Å². The van der Waals surface area contributed by atoms with Gasteiger partial charge < -0.3 is 14.6 Å². The number of aromatic nitrogens is 3. The van der Waals surface area contributed by atoms with Crippen LogP contribution in [0.4, 0.5) is 4.79 Å². The number of hydrogen-bond donors (Lipinski definition) is 2. The van der Waals surface area contributed by atoms with Crippen molar-refractivity contribution in [2.24, 2.45) is 0 Å². The SMILES string of the molecule is C[C@@H]1CN(C(=O)c2ccc(/C=C/c3n[nH]c4cc(-c5ccc6[nH]ccc6c5)ccc34)cc2)C[C@H](C)N1C(=O)OC(C)(C)C. The third-order valence-corrected chi connectivity index (χ3v) is 7.88. The van der Waals surface area contributed by atoms with Crippen LogP contribution in [0.25, 0.3) is 45.1 Å². The van der Waals surface area contributed by atoms with Gasteiger partial charge in [-0.15, -0.1) is 0 Å². The Kier molecular flexibility index (Phi) is 7.30. The summed E-state index contributed by atoms with van der Waals surface area (Å²) >= 11 is 0. The molecule has 5 aromatic rings. The minimum atomic E-state index is -0.563. The summed E-state index contributed by atoms with van der Waals surface area (Å²) in [4.78, 5) is 32.9. The number of nitrogens with zero attached hydrogens (tertiary/aromatic N) is 3. The number of fused-ring (bicyclic) bond motifs is 2. The van der Waals surface area contributed by atoms with Crippen molar-refractivity contribution in [3.8, 4) is 11.1 Å². The molecule has 1 saturated heterocycles. The van der Waals surface area contributed by atoms with E-state index in [4.69, 9.17) is 4.74 Å². The largest absolute Gasteiger partial charge is 0.444 e. The lowest BCUT2D eigenvalue weighted by molar-refractivity contribution is -0.0129. The maximum Gasteiger partial charge on any atom is 0.410 e. The summed E-state index contributed by atoms with van der Waals surface area (Å²) in [5.41, 5.74) is 6.27. The van der Waals surface area contributed by atoms with E-state index in [1.54, 1.807) is 4.90 Å². The Labute approximate surface area is 251 Å². The quantitative estimate of drug-likeness (QED) is 0.234. The van der Waals surface area contributed by atoms with Gasteiger partial charge in [-0.1, -0.05) is 30.3 Å². The first-order valence-electron chi connectivity index (χ1n) is 14.7. The number of piperazine rings is 1. The fourth-order valence-electron chi connectivity index (χ4n) is 5.84. The monoisotopic (exact) mass is 575 g/mol. The van der Waals surface area contributed by atoms with Gasteiger partial charge in [0.15, 0.2) is 0 Å². The lowest BCUT2D eigenvalue weighted by Crippen LogP contribution is -2.60. The zero-order valence-corrected chi connectivity index (χ0v) is 25.2. The molecule has 0 radical (unpaired) electrons. The molecule has 1 fully saturated rings. The molecular formula is C35H37N5O3. The van der Waals surface area contributed by atoms with Crippen LogP contribution >= 0.6 is 0 Å². The lowest BCUT2D eigenvalue weighted by Gasteiger charge is -2.44. The van der Waals surface area contributed by atoms with Crippen LogP contribution in [0.1, 0.15) is 56.2 Å². The molecule has 8 nitrogen and oxygen atoms in total. The number of carbonyl (C=O) groups is 2. The van der Waals surface area contributed by atoms with Crippen LogP contribution in [0, 0.1) is 0 Å². The fourth-order valence-corrected chi connectivity index (χ4v) is 5.84. The number of hydrogen-bond acceptors (Lipinski definition) is 4. The Morgan fingerprint density at radius 1 is 0.884 bits per heavy atom. The molecule has 0 bridgehead atoms. The molecule has 0 spiro atoms. The number of aromatic amines is 2. The summed E-state index contributed by atoms with van der Waals surface area (Å²) in [6.07, 6.45) is 5.60. The van der Waals surface area contributed by atoms with Crippen LogP contribution in [0.2, 0.25) is 0 Å². The van der Waals surface area contributed by atoms with Gasteiger partial charge in [0.25, 0.3) is 5.91 Å². The summed E-state index contributed by atoms with van der Waals surface area (Å²) in [5, 5.41) is 9.93. The van der Waals surface area contributed by atoms with Gasteiger partial charge in [0.05, 0.1) is 23.3 Å². The number of H-pyrrole nitrogens is 2. The highest BCUT2D eigenvalue weighted by molar-refractivity contribution is 5.95. The summed E-state index contributed by atoms with van der Waals surface area (Å²) in [7, 11) is 0. The molecule has 6 rings (SSSR count). The molecule has 3 aromatic carbocycles. The molecule has 43 heavy (non-hydrogen) atoms. The molecule has 2 atom stereocenters. The maximum atomic E-state index is 13.3. The second-order valence-corrected chi connectivity index (χ2v) is 12.4. The van der Waals surface area contributed by atoms with Gasteiger partial charge in [0.2, 0.25) is 0 Å². The van der Waals surface area contributed by atoms with Crippen LogP contribution in [0.15, 0.2) is 72.9 Å². The van der Waals surface area contributed by atoms with E-state index in [9.17, 15) is 9.59 Å². The Morgan fingerprint density at radius 2 is 1.58 bits per heavy atom. The van der Waals surface area contributed by atoms with Gasteiger partial charge in [-0.05, 0) is 105 Å². The van der Waals surface area contributed by atoms with E-state index in [0.717, 1.165) is 38.8 Å². The number of benzene rings is 3. The van der Waals surface area contributed by atoms with E-state index in [2.05, 4.69) is 57.6 Å². The highest BCUT2D eigenvalue weighted by atomic mass is 16.6. The van der Waals surface area contributed by atoms with E-state index in [1.807, 2.05) is 82.1 Å². The van der Waals surface area contributed by atoms with E-state index >= 15 is 0 Å². The van der Waals surface area contributed by atoms with Crippen molar-refractivity contribution in [1.82, 2.24) is 25.0 Å². The summed E-state index contributed by atoms with van der Waals surface area (Å²) in [6, 6.07) is 22.1. The zero-order chi connectivity index (χ0) is 30.3. The van der Waals surface area contributed by atoms with Crippen LogP contribution in [0.3, 0.4) is 0 Å². The molecule has 1 aliphatic heterocycles. The van der Waals surface area contributed by atoms with Crippen LogP contribution in [-0.4, -0.2) is 67.8 Å². The second kappa shape index (κ2) is 11.1. The number of nitrogens with one attached hydrogen (secondary N) is 2. The molecule has 3 heterocycles. The van der Waals surface area contributed by atoms with E-state index < -0.39 is 5.60 Å². The fraction of sp³-hybridized carbons (Fsp3) is 0.286. The summed E-state index contributed by atoms with van der Waals surface area (Å²) < 4.78 is 5.59. The molecule has 1 aliphatic rings. The molecule has 2 N–H and O–H groups in total. The van der Waals surface area contributed by atoms with Crippen molar-refractivity contribution >= 4 is 46.0 Å². The first kappa shape index (κ1) is 28.3. The van der Waals surface area contributed by atoms with Gasteiger partial charge in [0, 0.05) is 35.8 Å². The van der Waals surface area contributed by atoms with Crippen LogP contribution < -0.4 is 0 Å². The standard InChI is InChI=1S/C35H37N5O3/c1-22-20-39(21-23(2)40(22)34(42)43-35(3,4)5)33(41)25-9-6-24(7-10-25)8-14-31-29-13-11-27(19-32(29)38-37-31)26-12-15-30-28(18-26)16-17-36-30/h6-19,22-23,36H,20-21H2,1-5H3,(H,37,38)/b14-8+/t22-,23+. The van der Waals surface area contributed by atoms with Crippen molar-refractivity contribution in [3.63, 3.8) is 0 Å². The smallest absolute Gasteiger partial charge is 0.410 e. The lowest BCUT2D eigenvalue weighted by atomic mass is 10.0. The van der Waals surface area contributed by atoms with Gasteiger partial charge in [0.1, 0.15) is 5.60 Å². The van der Waals surface area contributed by atoms with Gasteiger partial charge in [-0.25, -0.2) is 4.79 Å². The zero-order valence-electron chi connectivity index (χ0n) is 25.2. The molecular weight excluding hydrogens is 538 g/mol. The molecule has 2 aromatic heterocycles. The molecule has 0 unspecified atom stereocenters. The Hall–Kier alpha value is -4.85. The topological polar surface area (TPSA) is 94.3 Å². The average molecular weight is 576 g/mol. The summed E-state index contributed by atoms with van der Waals surface area (Å²) in [5.74, 6) is -0.0391. The Balaban J connectivity index is 1.12. The number of carbonyl (C=O) groups excluding carboxylic acids is 2. The molecule has 220 valence electrons. The molecule has 0 saturated carbocycles. The van der Waals surface area contributed by atoms with Gasteiger partial charge in [-0.3, -0.25) is 14.8 Å². The maximum absolute atomic E-state index is 13.3. The Bertz CT molecular complexity index is 1810. The number of ether oxygens (including phenoxy) is 1. The summed E-state index contributed by atoms with van der Waals surface area (Å²) in [6.45, 7) is 10.4. The third-order valence-electron chi connectivity index (χ3n) is 7.88. The minimum absolute atomic E-state index is 0.0391. The highest BCUT2D eigenvalue weighted by Crippen LogP contribution is 2.28. The van der Waals surface area contributed by atoms with Crippen molar-refractivity contribution in [1.29, 1.82) is 0 Å². The highest BCUT2D eigenvalue weighted by Gasteiger charge is 2.37. The first-order chi connectivity index (χ1) is 20.6. The Morgan fingerprint density at radius 3 is 2.30 bits per heavy atom. The van der Waals surface area contributed by atoms with E-state index in [1.165, 1.54) is 5.39 Å².